The van der Waals surface area contributed by atoms with Crippen molar-refractivity contribution in [2.24, 2.45) is 26.6 Å². The van der Waals surface area contributed by atoms with E-state index in [4.69, 9.17) is 21.1 Å². The second kappa shape index (κ2) is 27.1. The second-order valence-electron chi connectivity index (χ2n) is 16.7. The van der Waals surface area contributed by atoms with E-state index in [0.29, 0.717) is 47.8 Å². The molecule has 76 heavy (non-hydrogen) atoms. The van der Waals surface area contributed by atoms with Crippen LogP contribution >= 0.6 is 11.8 Å². The highest BCUT2D eigenvalue weighted by molar-refractivity contribution is 8.18. The van der Waals surface area contributed by atoms with Crippen molar-refractivity contribution in [3.63, 3.8) is 0 Å². The summed E-state index contributed by atoms with van der Waals surface area (Å²) in [6.45, 7) is 5.57. The van der Waals surface area contributed by atoms with Crippen LogP contribution in [0.1, 0.15) is 40.4 Å². The van der Waals surface area contributed by atoms with E-state index in [1.54, 1.807) is 49.4 Å². The minimum atomic E-state index is -0.695. The number of carbonyl (C=O) groups is 4. The number of amides is 4. The van der Waals surface area contributed by atoms with Crippen LogP contribution in [0.25, 0.3) is 6.08 Å². The van der Waals surface area contributed by atoms with E-state index in [9.17, 15) is 29.4 Å². The Balaban J connectivity index is 0.000000559. The highest BCUT2D eigenvalue weighted by atomic mass is 32.2. The van der Waals surface area contributed by atoms with Gasteiger partial charge in [-0.3, -0.25) is 19.6 Å². The van der Waals surface area contributed by atoms with E-state index in [2.05, 4.69) is 76.5 Å². The van der Waals surface area contributed by atoms with Gasteiger partial charge in [-0.2, -0.15) is 0 Å². The number of aromatic hydroxyl groups is 1. The van der Waals surface area contributed by atoms with Crippen LogP contribution in [0.4, 0.5) is 33.2 Å². The predicted octanol–water partition coefficient (Wildman–Crippen LogP) is 6.40. The van der Waals surface area contributed by atoms with Gasteiger partial charge in [-0.1, -0.05) is 36.0 Å². The van der Waals surface area contributed by atoms with Crippen LogP contribution in [-0.4, -0.2) is 116 Å². The molecule has 0 fully saturated rings. The Morgan fingerprint density at radius 3 is 2.12 bits per heavy atom. The number of hydrazine groups is 1. The number of nitrogens with one attached hydrogen (secondary N) is 7. The van der Waals surface area contributed by atoms with Crippen LogP contribution in [0.5, 0.6) is 11.5 Å². The van der Waals surface area contributed by atoms with Crippen LogP contribution in [-0.2, 0) is 14.3 Å². The fourth-order valence-corrected chi connectivity index (χ4v) is 8.55. The Labute approximate surface area is 443 Å². The smallest absolute Gasteiger partial charge is 0.344 e. The Kier molecular flexibility index (Phi) is 19.5. The number of carbonyl (C=O) groups excluding carboxylic acids is 4. The number of amidine groups is 2. The molecule has 21 nitrogen and oxygen atoms in total. The van der Waals surface area contributed by atoms with Gasteiger partial charge in [0.25, 0.3) is 5.91 Å². The molecule has 0 aromatic heterocycles. The van der Waals surface area contributed by atoms with E-state index in [0.717, 1.165) is 59.9 Å². The number of thioether (sulfide) groups is 1. The van der Waals surface area contributed by atoms with Crippen molar-refractivity contribution in [3.8, 4) is 11.5 Å². The molecule has 22 heteroatoms. The minimum Gasteiger partial charge on any atom is -0.506 e. The topological polar surface area (TPSA) is 304 Å². The van der Waals surface area contributed by atoms with E-state index >= 15 is 0 Å². The molecule has 5 aromatic carbocycles. The number of phenolic OH excluding ortho intramolecular Hbond substituents is 1. The molecule has 0 radical (unpaired) electrons. The van der Waals surface area contributed by atoms with Gasteiger partial charge in [0.05, 0.1) is 43.4 Å². The number of esters is 1. The number of nitrogens with zero attached hydrogens (tertiary/aromatic N) is 4. The van der Waals surface area contributed by atoms with E-state index in [-0.39, 0.29) is 70.3 Å². The molecule has 8 rings (SSSR count). The number of hydrogen-bond donors (Lipinski definition) is 11. The molecular weight excluding hydrogens is 991 g/mol. The van der Waals surface area contributed by atoms with Gasteiger partial charge in [0.2, 0.25) is 6.41 Å². The molecule has 3 heterocycles. The summed E-state index contributed by atoms with van der Waals surface area (Å²) in [6, 6.07) is 33.0. The van der Waals surface area contributed by atoms with Gasteiger partial charge in [-0.05, 0) is 110 Å². The molecule has 3 aliphatic rings. The zero-order chi connectivity index (χ0) is 53.8. The standard InChI is InChI=1S/C44H46N10O8S.C10H13N3/c1-2-61-43(59)38-39(57)37(63-42(38)51-31-7-4-3-5-8-31)20-27-9-14-36(35(56)19-27)62-18-6-17-54(46)25-30(45)24-49-41(58)29-21-33(50-26-55)23-34(22-29)53-44(60)52-32-12-10-28(11-13-32)40-47-15-16-48-40;1-11-9-4-2-8(3-5-9)10-12-6-7-13-10/h3-5,7-14,19-23,25-26,56-57H,2,6,15-18,24,45-46H2,1H3,(H,47,48)(H,49,58)(H,50,55)(H2,52,53,60);2-5,11H,6-7H2,1H3,(H,12,13)/b30-25-,37-20-,51-42?;. The van der Waals surface area contributed by atoms with E-state index in [1.807, 2.05) is 37.4 Å². The fourth-order valence-electron chi connectivity index (χ4n) is 7.51. The first kappa shape index (κ1) is 54.5. The van der Waals surface area contributed by atoms with Crippen molar-refractivity contribution in [2.45, 2.75) is 13.3 Å². The summed E-state index contributed by atoms with van der Waals surface area (Å²) < 4.78 is 10.9. The van der Waals surface area contributed by atoms with Gasteiger partial charge in [0, 0.05) is 84.4 Å². The molecule has 0 saturated carbocycles. The molecule has 0 aliphatic carbocycles. The van der Waals surface area contributed by atoms with Gasteiger partial charge < -0.3 is 67.6 Å². The molecule has 394 valence electrons. The summed E-state index contributed by atoms with van der Waals surface area (Å²) in [5, 5.41) is 43.5. The van der Waals surface area contributed by atoms with Gasteiger partial charge in [-0.15, -0.1) is 0 Å². The van der Waals surface area contributed by atoms with Crippen LogP contribution in [0.3, 0.4) is 0 Å². The first-order valence-corrected chi connectivity index (χ1v) is 25.0. The number of hydrogen-bond acceptors (Lipinski definition) is 18. The number of benzene rings is 5. The zero-order valence-corrected chi connectivity index (χ0v) is 42.6. The average molecular weight is 1050 g/mol. The number of aliphatic hydroxyl groups is 1. The van der Waals surface area contributed by atoms with Gasteiger partial charge >= 0.3 is 12.0 Å². The number of urea groups is 1. The fraction of sp³-hybridized carbons (Fsp3) is 0.204. The summed E-state index contributed by atoms with van der Waals surface area (Å²) in [6.07, 6.45) is 3.97. The summed E-state index contributed by atoms with van der Waals surface area (Å²) in [7, 11) is 1.92. The minimum absolute atomic E-state index is 0.0370. The summed E-state index contributed by atoms with van der Waals surface area (Å²) in [5.41, 5.74) is 11.9. The molecule has 5 aromatic rings. The SMILES string of the molecule is CCOC(=O)C1=C(O)/C(=C/c2ccc(OCCCN(N)/C=C(\N)CNC(=O)c3cc(NC=O)cc(NC(=O)Nc4ccc(C5=NCCN5)cc4)c3)c(O)c2)SC1=Nc1ccccc1.CNc1ccc(C2=NCCN2)cc1. The highest BCUT2D eigenvalue weighted by Gasteiger charge is 2.33. The summed E-state index contributed by atoms with van der Waals surface area (Å²) in [5.74, 6) is 6.52. The van der Waals surface area contributed by atoms with Gasteiger partial charge in [-0.25, -0.2) is 20.4 Å². The number of nitrogens with two attached hydrogens (primary N) is 2. The molecule has 4 amide bonds. The molecule has 3 aliphatic heterocycles. The molecule has 0 bridgehead atoms. The normalized spacial score (nSPS) is 14.8. The number of phenols is 1. The van der Waals surface area contributed by atoms with E-state index in [1.165, 1.54) is 35.5 Å². The Morgan fingerprint density at radius 2 is 1.50 bits per heavy atom. The lowest BCUT2D eigenvalue weighted by atomic mass is 10.1. The maximum Gasteiger partial charge on any atom is 0.344 e. The van der Waals surface area contributed by atoms with Gasteiger partial charge in [0.15, 0.2) is 11.5 Å². The number of rotatable bonds is 20. The first-order valence-electron chi connectivity index (χ1n) is 24.1. The van der Waals surface area contributed by atoms with Crippen LogP contribution in [0, 0.1) is 0 Å². The molecular formula is C54H59N13O8S. The van der Waals surface area contributed by atoms with E-state index < -0.39 is 17.9 Å². The molecule has 0 spiro atoms. The lowest BCUT2D eigenvalue weighted by Gasteiger charge is -2.16. The van der Waals surface area contributed by atoms with Gasteiger partial charge in [0.1, 0.15) is 28.0 Å². The molecule has 0 saturated heterocycles. The van der Waals surface area contributed by atoms with Crippen molar-refractivity contribution in [2.75, 3.05) is 80.8 Å². The number of para-hydroxylation sites is 1. The monoisotopic (exact) mass is 1050 g/mol. The number of aliphatic hydroxyl groups excluding tert-OH is 1. The molecule has 0 atom stereocenters. The third kappa shape index (κ3) is 15.6. The number of anilines is 4. The summed E-state index contributed by atoms with van der Waals surface area (Å²) in [4.78, 5) is 63.5. The lowest BCUT2D eigenvalue weighted by molar-refractivity contribution is -0.138. The quantitative estimate of drug-likeness (QED) is 0.0132. The Bertz CT molecular complexity index is 3070. The lowest BCUT2D eigenvalue weighted by Crippen LogP contribution is -2.32. The van der Waals surface area contributed by atoms with Crippen molar-refractivity contribution in [1.82, 2.24) is 21.0 Å². The Hall–Kier alpha value is -9.28. The maximum atomic E-state index is 13.1. The third-order valence-electron chi connectivity index (χ3n) is 11.1. The molecule has 13 N–H and O–H groups in total. The van der Waals surface area contributed by atoms with Crippen molar-refractivity contribution < 1.29 is 38.9 Å². The van der Waals surface area contributed by atoms with Crippen LogP contribution in [0.15, 0.2) is 158 Å². The third-order valence-corrected chi connectivity index (χ3v) is 12.2. The first-order chi connectivity index (χ1) is 36.9. The average Bonchev–Trinajstić information content (AvgIpc) is 4.22. The van der Waals surface area contributed by atoms with Crippen molar-refractivity contribution in [3.05, 3.63) is 166 Å². The maximum absolute atomic E-state index is 13.1. The van der Waals surface area contributed by atoms with Crippen molar-refractivity contribution in [1.29, 1.82) is 0 Å². The number of aliphatic imine (C=N–C) groups is 3. The van der Waals surface area contributed by atoms with Crippen molar-refractivity contribution >= 4 is 87.3 Å². The largest absolute Gasteiger partial charge is 0.506 e. The predicted molar refractivity (Wildman–Crippen MR) is 299 cm³/mol. The van der Waals surface area contributed by atoms with Crippen LogP contribution in [0.2, 0.25) is 0 Å². The molecule has 0 unspecified atom stereocenters. The highest BCUT2D eigenvalue weighted by Crippen LogP contribution is 2.41. The second-order valence-corrected chi connectivity index (χ2v) is 17.8. The number of ether oxygens (including phenoxy) is 2. The Morgan fingerprint density at radius 1 is 0.842 bits per heavy atom. The summed E-state index contributed by atoms with van der Waals surface area (Å²) >= 11 is 1.11. The van der Waals surface area contributed by atoms with Crippen LogP contribution < -0.4 is 53.5 Å². The zero-order valence-electron chi connectivity index (χ0n) is 41.8.